The maximum Gasteiger partial charge on any atom is 0.179 e. The van der Waals surface area contributed by atoms with Crippen molar-refractivity contribution in [2.24, 2.45) is 11.8 Å². The van der Waals surface area contributed by atoms with E-state index in [1.807, 2.05) is 18.2 Å². The Morgan fingerprint density at radius 1 is 1.25 bits per heavy atom. The predicted molar refractivity (Wildman–Crippen MR) is 82.7 cm³/mol. The summed E-state index contributed by atoms with van der Waals surface area (Å²) in [4.78, 5) is 0.548. The number of rotatable bonds is 6. The van der Waals surface area contributed by atoms with E-state index in [0.29, 0.717) is 16.7 Å². The van der Waals surface area contributed by atoms with Gasteiger partial charge in [0.2, 0.25) is 0 Å². The van der Waals surface area contributed by atoms with E-state index in [0.717, 1.165) is 25.1 Å². The van der Waals surface area contributed by atoms with Crippen LogP contribution < -0.4 is 5.32 Å². The van der Waals surface area contributed by atoms with Gasteiger partial charge in [0.25, 0.3) is 0 Å². The molecular formula is C16H25NO2S. The van der Waals surface area contributed by atoms with Gasteiger partial charge < -0.3 is 5.32 Å². The predicted octanol–water partition coefficient (Wildman–Crippen LogP) is 2.83. The molecule has 2 unspecified atom stereocenters. The van der Waals surface area contributed by atoms with Crippen LogP contribution in [0.1, 0.15) is 38.7 Å². The molecule has 0 aromatic heterocycles. The normalized spacial score (nSPS) is 21.9. The van der Waals surface area contributed by atoms with Gasteiger partial charge in [-0.3, -0.25) is 0 Å². The fourth-order valence-electron chi connectivity index (χ4n) is 3.00. The van der Waals surface area contributed by atoms with Gasteiger partial charge in [-0.15, -0.1) is 0 Å². The van der Waals surface area contributed by atoms with Crippen molar-refractivity contribution in [1.29, 1.82) is 0 Å². The Morgan fingerprint density at radius 3 is 2.60 bits per heavy atom. The molecule has 0 radical (unpaired) electrons. The van der Waals surface area contributed by atoms with Crippen LogP contribution in [-0.2, 0) is 9.84 Å². The monoisotopic (exact) mass is 295 g/mol. The molecule has 1 aromatic rings. The highest BCUT2D eigenvalue weighted by molar-refractivity contribution is 7.91. The SMILES string of the molecule is CCC(CNCC(C)C)C1CS(=O)(=O)c2ccccc21. The van der Waals surface area contributed by atoms with Crippen LogP contribution in [0.2, 0.25) is 0 Å². The standard InChI is InChI=1S/C16H25NO2S/c1-4-13(10-17-9-12(2)3)15-11-20(18,19)16-8-6-5-7-14(15)16/h5-8,12-13,15,17H,4,9-11H2,1-3H3. The maximum atomic E-state index is 12.2. The fraction of sp³-hybridized carbons (Fsp3) is 0.625. The highest BCUT2D eigenvalue weighted by Crippen LogP contribution is 2.40. The molecule has 112 valence electrons. The molecule has 0 aliphatic carbocycles. The average molecular weight is 295 g/mol. The van der Waals surface area contributed by atoms with E-state index in [1.165, 1.54) is 0 Å². The minimum absolute atomic E-state index is 0.140. The van der Waals surface area contributed by atoms with Crippen molar-refractivity contribution in [3.63, 3.8) is 0 Å². The summed E-state index contributed by atoms with van der Waals surface area (Å²) in [5, 5.41) is 3.48. The molecule has 1 aliphatic rings. The number of hydrogen-bond acceptors (Lipinski definition) is 3. The Balaban J connectivity index is 2.16. The zero-order valence-electron chi connectivity index (χ0n) is 12.6. The van der Waals surface area contributed by atoms with Crippen molar-refractivity contribution in [2.45, 2.75) is 38.0 Å². The molecule has 0 bridgehead atoms. The summed E-state index contributed by atoms with van der Waals surface area (Å²) < 4.78 is 24.5. The van der Waals surface area contributed by atoms with E-state index < -0.39 is 9.84 Å². The topological polar surface area (TPSA) is 46.2 Å². The van der Waals surface area contributed by atoms with E-state index in [-0.39, 0.29) is 11.7 Å². The van der Waals surface area contributed by atoms with Crippen molar-refractivity contribution < 1.29 is 8.42 Å². The van der Waals surface area contributed by atoms with Crippen LogP contribution in [0, 0.1) is 11.8 Å². The molecule has 2 rings (SSSR count). The number of benzene rings is 1. The van der Waals surface area contributed by atoms with Gasteiger partial charge in [0.1, 0.15) is 0 Å². The minimum atomic E-state index is -3.08. The summed E-state index contributed by atoms with van der Waals surface area (Å²) in [6.07, 6.45) is 1.000. The number of sulfone groups is 1. The van der Waals surface area contributed by atoms with Gasteiger partial charge in [-0.25, -0.2) is 8.42 Å². The molecule has 2 atom stereocenters. The highest BCUT2D eigenvalue weighted by atomic mass is 32.2. The van der Waals surface area contributed by atoms with Crippen LogP contribution in [0.4, 0.5) is 0 Å². The summed E-state index contributed by atoms with van der Waals surface area (Å²) >= 11 is 0. The van der Waals surface area contributed by atoms with Crippen molar-refractivity contribution in [3.05, 3.63) is 29.8 Å². The Bertz CT molecular complexity index is 551. The van der Waals surface area contributed by atoms with Crippen LogP contribution in [0.15, 0.2) is 29.2 Å². The van der Waals surface area contributed by atoms with E-state index in [1.54, 1.807) is 6.07 Å². The van der Waals surface area contributed by atoms with Gasteiger partial charge in [0.05, 0.1) is 10.6 Å². The van der Waals surface area contributed by atoms with Crippen LogP contribution in [0.25, 0.3) is 0 Å². The Kier molecular flexibility index (Phi) is 4.86. The molecular weight excluding hydrogens is 270 g/mol. The molecule has 1 aromatic carbocycles. The third kappa shape index (κ3) is 3.23. The molecule has 1 N–H and O–H groups in total. The average Bonchev–Trinajstić information content (AvgIpc) is 2.67. The van der Waals surface area contributed by atoms with Gasteiger partial charge in [0, 0.05) is 5.92 Å². The summed E-state index contributed by atoms with van der Waals surface area (Å²) in [6.45, 7) is 8.39. The first kappa shape index (κ1) is 15.5. The second-order valence-corrected chi connectivity index (χ2v) is 8.15. The lowest BCUT2D eigenvalue weighted by Crippen LogP contribution is -2.30. The van der Waals surface area contributed by atoms with E-state index in [4.69, 9.17) is 0 Å². The van der Waals surface area contributed by atoms with Gasteiger partial charge in [0.15, 0.2) is 9.84 Å². The second-order valence-electron chi connectivity index (χ2n) is 6.15. The second kappa shape index (κ2) is 6.27. The first-order valence-electron chi connectivity index (χ1n) is 7.48. The van der Waals surface area contributed by atoms with Crippen LogP contribution in [0.3, 0.4) is 0 Å². The first-order chi connectivity index (χ1) is 9.45. The molecule has 4 heteroatoms. The number of hydrogen-bond donors (Lipinski definition) is 1. The summed E-state index contributed by atoms with van der Waals surface area (Å²) in [6, 6.07) is 7.49. The Hall–Kier alpha value is -0.870. The molecule has 0 spiro atoms. The molecule has 0 fully saturated rings. The highest BCUT2D eigenvalue weighted by Gasteiger charge is 2.37. The van der Waals surface area contributed by atoms with Crippen molar-refractivity contribution in [3.8, 4) is 0 Å². The van der Waals surface area contributed by atoms with E-state index in [9.17, 15) is 8.42 Å². The Morgan fingerprint density at radius 2 is 1.95 bits per heavy atom. The quantitative estimate of drug-likeness (QED) is 0.878. The van der Waals surface area contributed by atoms with Gasteiger partial charge >= 0.3 is 0 Å². The fourth-order valence-corrected chi connectivity index (χ4v) is 4.97. The summed E-state index contributed by atoms with van der Waals surface area (Å²) in [7, 11) is -3.08. The lowest BCUT2D eigenvalue weighted by Gasteiger charge is -2.23. The molecule has 20 heavy (non-hydrogen) atoms. The third-order valence-electron chi connectivity index (χ3n) is 4.11. The largest absolute Gasteiger partial charge is 0.316 e. The van der Waals surface area contributed by atoms with Gasteiger partial charge in [-0.1, -0.05) is 45.4 Å². The number of nitrogens with one attached hydrogen (secondary N) is 1. The molecule has 0 saturated carbocycles. The van der Waals surface area contributed by atoms with Crippen LogP contribution >= 0.6 is 0 Å². The number of fused-ring (bicyclic) bond motifs is 1. The van der Waals surface area contributed by atoms with Crippen LogP contribution in [-0.4, -0.2) is 27.3 Å². The zero-order chi connectivity index (χ0) is 14.8. The molecule has 1 aliphatic heterocycles. The van der Waals surface area contributed by atoms with Crippen molar-refractivity contribution in [1.82, 2.24) is 5.32 Å². The lowest BCUT2D eigenvalue weighted by molar-refractivity contribution is 0.393. The lowest BCUT2D eigenvalue weighted by atomic mass is 9.85. The summed E-state index contributed by atoms with van der Waals surface area (Å²) in [5.74, 6) is 1.41. The zero-order valence-corrected chi connectivity index (χ0v) is 13.4. The van der Waals surface area contributed by atoms with Crippen molar-refractivity contribution >= 4 is 9.84 Å². The van der Waals surface area contributed by atoms with E-state index >= 15 is 0 Å². The smallest absolute Gasteiger partial charge is 0.179 e. The molecule has 0 amide bonds. The van der Waals surface area contributed by atoms with Crippen LogP contribution in [0.5, 0.6) is 0 Å². The first-order valence-corrected chi connectivity index (χ1v) is 9.13. The molecule has 0 saturated heterocycles. The molecule has 1 heterocycles. The van der Waals surface area contributed by atoms with E-state index in [2.05, 4.69) is 26.1 Å². The minimum Gasteiger partial charge on any atom is -0.316 e. The van der Waals surface area contributed by atoms with Gasteiger partial charge in [-0.05, 0) is 36.6 Å². The third-order valence-corrected chi connectivity index (χ3v) is 5.94. The van der Waals surface area contributed by atoms with Gasteiger partial charge in [-0.2, -0.15) is 0 Å². The van der Waals surface area contributed by atoms with Crippen molar-refractivity contribution in [2.75, 3.05) is 18.8 Å². The summed E-state index contributed by atoms with van der Waals surface area (Å²) in [5.41, 5.74) is 1.02. The Labute approximate surface area is 122 Å². The maximum absolute atomic E-state index is 12.2. The molecule has 3 nitrogen and oxygen atoms in total.